The number of nitrogens with one attached hydrogen (secondary N) is 1. The number of nitrogens with zero attached hydrogens (tertiary/aromatic N) is 1. The van der Waals surface area contributed by atoms with E-state index in [0.29, 0.717) is 24.6 Å². The maximum absolute atomic E-state index is 12.4. The lowest BCUT2D eigenvalue weighted by Gasteiger charge is -2.20. The Labute approximate surface area is 152 Å². The fourth-order valence-electron chi connectivity index (χ4n) is 2.71. The summed E-state index contributed by atoms with van der Waals surface area (Å²) in [5.74, 6) is -1.19. The van der Waals surface area contributed by atoms with Gasteiger partial charge in [0, 0.05) is 26.6 Å². The van der Waals surface area contributed by atoms with E-state index in [1.165, 1.54) is 19.1 Å². The SMILES string of the molecule is COCCNC(=O)COC(=O)[C@H]1CC(=O)N(c2cc(C)ccc2OC)C1. The van der Waals surface area contributed by atoms with E-state index in [2.05, 4.69) is 5.32 Å². The first kappa shape index (κ1) is 19.7. The van der Waals surface area contributed by atoms with E-state index in [1.54, 1.807) is 6.07 Å². The predicted molar refractivity (Wildman–Crippen MR) is 94.0 cm³/mol. The van der Waals surface area contributed by atoms with Crippen molar-refractivity contribution >= 4 is 23.5 Å². The van der Waals surface area contributed by atoms with Crippen LogP contribution in [0.15, 0.2) is 18.2 Å². The van der Waals surface area contributed by atoms with Crippen molar-refractivity contribution in [3.05, 3.63) is 23.8 Å². The molecule has 1 aliphatic rings. The first-order valence-electron chi connectivity index (χ1n) is 8.33. The van der Waals surface area contributed by atoms with Gasteiger partial charge in [-0.1, -0.05) is 6.07 Å². The van der Waals surface area contributed by atoms with E-state index in [9.17, 15) is 14.4 Å². The highest BCUT2D eigenvalue weighted by Crippen LogP contribution is 2.34. The molecule has 0 spiro atoms. The van der Waals surface area contributed by atoms with Gasteiger partial charge in [-0.05, 0) is 24.6 Å². The molecule has 26 heavy (non-hydrogen) atoms. The molecule has 1 aliphatic heterocycles. The van der Waals surface area contributed by atoms with Gasteiger partial charge < -0.3 is 24.4 Å². The van der Waals surface area contributed by atoms with Gasteiger partial charge in [-0.25, -0.2) is 0 Å². The van der Waals surface area contributed by atoms with E-state index in [-0.39, 0.29) is 25.5 Å². The van der Waals surface area contributed by atoms with E-state index in [0.717, 1.165) is 5.56 Å². The molecule has 0 bridgehead atoms. The Bertz CT molecular complexity index is 676. The van der Waals surface area contributed by atoms with Crippen LogP contribution in [0.1, 0.15) is 12.0 Å². The summed E-state index contributed by atoms with van der Waals surface area (Å²) in [6.45, 7) is 2.46. The van der Waals surface area contributed by atoms with Crippen LogP contribution in [0.3, 0.4) is 0 Å². The van der Waals surface area contributed by atoms with E-state index >= 15 is 0 Å². The Hall–Kier alpha value is -2.61. The van der Waals surface area contributed by atoms with E-state index < -0.39 is 17.8 Å². The van der Waals surface area contributed by atoms with Gasteiger partial charge in [0.2, 0.25) is 5.91 Å². The first-order chi connectivity index (χ1) is 12.5. The van der Waals surface area contributed by atoms with Gasteiger partial charge in [-0.2, -0.15) is 0 Å². The van der Waals surface area contributed by atoms with Crippen molar-refractivity contribution in [1.82, 2.24) is 5.32 Å². The molecule has 0 saturated carbocycles. The van der Waals surface area contributed by atoms with Crippen molar-refractivity contribution in [2.75, 3.05) is 45.4 Å². The van der Waals surface area contributed by atoms with Gasteiger partial charge in [0.05, 0.1) is 25.3 Å². The van der Waals surface area contributed by atoms with E-state index in [1.807, 2.05) is 19.1 Å². The van der Waals surface area contributed by atoms with Gasteiger partial charge in [-0.3, -0.25) is 14.4 Å². The summed E-state index contributed by atoms with van der Waals surface area (Å²) in [5.41, 5.74) is 1.61. The van der Waals surface area contributed by atoms with Crippen molar-refractivity contribution in [3.8, 4) is 5.75 Å². The summed E-state index contributed by atoms with van der Waals surface area (Å²) in [6.07, 6.45) is 0.0429. The predicted octanol–water partition coefficient (Wildman–Crippen LogP) is 0.662. The molecule has 0 aliphatic carbocycles. The number of esters is 1. The molecule has 1 heterocycles. The van der Waals surface area contributed by atoms with Crippen molar-refractivity contribution in [1.29, 1.82) is 0 Å². The number of hydrogen-bond donors (Lipinski definition) is 1. The van der Waals surface area contributed by atoms with Crippen molar-refractivity contribution in [3.63, 3.8) is 0 Å². The van der Waals surface area contributed by atoms with Crippen molar-refractivity contribution < 1.29 is 28.6 Å². The number of amides is 2. The fraction of sp³-hybridized carbons (Fsp3) is 0.500. The maximum atomic E-state index is 12.4. The average Bonchev–Trinajstić information content (AvgIpc) is 3.01. The lowest BCUT2D eigenvalue weighted by Crippen LogP contribution is -2.33. The number of methoxy groups -OCH3 is 2. The largest absolute Gasteiger partial charge is 0.495 e. The second-order valence-corrected chi connectivity index (χ2v) is 6.03. The maximum Gasteiger partial charge on any atom is 0.311 e. The molecule has 1 atom stereocenters. The van der Waals surface area contributed by atoms with Crippen LogP contribution in [0.25, 0.3) is 0 Å². The molecule has 142 valence electrons. The highest BCUT2D eigenvalue weighted by Gasteiger charge is 2.37. The first-order valence-corrected chi connectivity index (χ1v) is 8.33. The zero-order chi connectivity index (χ0) is 19.1. The minimum atomic E-state index is -0.612. The smallest absolute Gasteiger partial charge is 0.311 e. The number of ether oxygens (including phenoxy) is 3. The molecule has 0 radical (unpaired) electrons. The number of carbonyl (C=O) groups excluding carboxylic acids is 3. The van der Waals surface area contributed by atoms with E-state index in [4.69, 9.17) is 14.2 Å². The summed E-state index contributed by atoms with van der Waals surface area (Å²) < 4.78 is 15.2. The molecule has 1 aromatic carbocycles. The van der Waals surface area contributed by atoms with Gasteiger partial charge in [-0.15, -0.1) is 0 Å². The average molecular weight is 364 g/mol. The molecule has 0 unspecified atom stereocenters. The van der Waals surface area contributed by atoms with Crippen LogP contribution >= 0.6 is 0 Å². The topological polar surface area (TPSA) is 94.2 Å². The molecule has 0 aromatic heterocycles. The Morgan fingerprint density at radius 3 is 2.77 bits per heavy atom. The summed E-state index contributed by atoms with van der Waals surface area (Å²) in [5, 5.41) is 2.56. The molecule has 1 saturated heterocycles. The third kappa shape index (κ3) is 4.95. The monoisotopic (exact) mass is 364 g/mol. The Morgan fingerprint density at radius 2 is 2.08 bits per heavy atom. The molecule has 2 amide bonds. The van der Waals surface area contributed by atoms with Crippen LogP contribution < -0.4 is 15.0 Å². The second-order valence-electron chi connectivity index (χ2n) is 6.03. The highest BCUT2D eigenvalue weighted by atomic mass is 16.5. The minimum absolute atomic E-state index is 0.0429. The van der Waals surface area contributed by atoms with Crippen LogP contribution in [0.4, 0.5) is 5.69 Å². The summed E-state index contributed by atoms with van der Waals surface area (Å²) in [7, 11) is 3.06. The summed E-state index contributed by atoms with van der Waals surface area (Å²) in [6, 6.07) is 5.51. The lowest BCUT2D eigenvalue weighted by atomic mass is 10.1. The molecular formula is C18H24N2O6. The number of rotatable bonds is 8. The number of hydrogen-bond acceptors (Lipinski definition) is 6. The van der Waals surface area contributed by atoms with Crippen LogP contribution in [-0.4, -0.2) is 58.3 Å². The lowest BCUT2D eigenvalue weighted by molar-refractivity contribution is -0.152. The molecule has 2 rings (SSSR count). The standard InChI is InChI=1S/C18H24N2O6/c1-12-4-5-15(25-3)14(8-12)20-10-13(9-17(20)22)18(23)26-11-16(21)19-6-7-24-2/h4-5,8,13H,6-7,9-11H2,1-3H3,(H,19,21)/t13-/m0/s1. The third-order valence-corrected chi connectivity index (χ3v) is 4.06. The molecule has 8 heteroatoms. The molecular weight excluding hydrogens is 340 g/mol. The number of carbonyl (C=O) groups is 3. The van der Waals surface area contributed by atoms with Crippen molar-refractivity contribution in [2.24, 2.45) is 5.92 Å². The van der Waals surface area contributed by atoms with Crippen LogP contribution in [-0.2, 0) is 23.9 Å². The number of aryl methyl sites for hydroxylation is 1. The van der Waals surface area contributed by atoms with Crippen molar-refractivity contribution in [2.45, 2.75) is 13.3 Å². The molecule has 1 aromatic rings. The fourth-order valence-corrected chi connectivity index (χ4v) is 2.71. The quantitative estimate of drug-likeness (QED) is 0.538. The summed E-state index contributed by atoms with van der Waals surface area (Å²) in [4.78, 5) is 37.6. The Balaban J connectivity index is 1.94. The van der Waals surface area contributed by atoms with Crippen LogP contribution in [0.5, 0.6) is 5.75 Å². The van der Waals surface area contributed by atoms with Gasteiger partial charge in [0.15, 0.2) is 6.61 Å². The normalized spacial score (nSPS) is 16.5. The Morgan fingerprint density at radius 1 is 1.31 bits per heavy atom. The second kappa shape index (κ2) is 9.19. The minimum Gasteiger partial charge on any atom is -0.495 e. The van der Waals surface area contributed by atoms with Gasteiger partial charge in [0.25, 0.3) is 5.91 Å². The van der Waals surface area contributed by atoms with Crippen LogP contribution in [0, 0.1) is 12.8 Å². The van der Waals surface area contributed by atoms with Crippen LogP contribution in [0.2, 0.25) is 0 Å². The van der Waals surface area contributed by atoms with Gasteiger partial charge >= 0.3 is 5.97 Å². The zero-order valence-corrected chi connectivity index (χ0v) is 15.2. The number of anilines is 1. The third-order valence-electron chi connectivity index (χ3n) is 4.06. The Kier molecular flexibility index (Phi) is 6.97. The summed E-state index contributed by atoms with van der Waals surface area (Å²) >= 11 is 0. The molecule has 1 N–H and O–H groups in total. The number of benzene rings is 1. The molecule has 8 nitrogen and oxygen atoms in total. The zero-order valence-electron chi connectivity index (χ0n) is 15.2. The molecule has 1 fully saturated rings. The van der Waals surface area contributed by atoms with Gasteiger partial charge in [0.1, 0.15) is 5.75 Å². The highest BCUT2D eigenvalue weighted by molar-refractivity contribution is 6.00.